The van der Waals surface area contributed by atoms with Gasteiger partial charge in [-0.3, -0.25) is 19.8 Å². The fourth-order valence-corrected chi connectivity index (χ4v) is 3.53. The molecule has 9 heteroatoms. The van der Waals surface area contributed by atoms with Crippen LogP contribution in [0.2, 0.25) is 0 Å². The number of hydrogen-bond donors (Lipinski definition) is 3. The van der Waals surface area contributed by atoms with Gasteiger partial charge >= 0.3 is 0 Å². The highest BCUT2D eigenvalue weighted by Gasteiger charge is 2.34. The lowest BCUT2D eigenvalue weighted by Crippen LogP contribution is -2.60. The van der Waals surface area contributed by atoms with Crippen LogP contribution in [0.5, 0.6) is 0 Å². The number of nitrogens with one attached hydrogen (secondary N) is 2. The fourth-order valence-electron chi connectivity index (χ4n) is 3.53. The Bertz CT molecular complexity index is 977. The Morgan fingerprint density at radius 1 is 0.944 bits per heavy atom. The summed E-state index contributed by atoms with van der Waals surface area (Å²) in [7, 11) is 4.98. The minimum absolute atomic E-state index is 0.0689. The summed E-state index contributed by atoms with van der Waals surface area (Å²) in [4.78, 5) is 40.7. The molecule has 2 aromatic rings. The summed E-state index contributed by atoms with van der Waals surface area (Å²) in [6.07, 6.45) is 1.00. The molecule has 0 spiro atoms. The molecular weight excluding hydrogens is 458 g/mol. The van der Waals surface area contributed by atoms with Crippen molar-refractivity contribution in [1.29, 1.82) is 0 Å². The third kappa shape index (κ3) is 9.41. The van der Waals surface area contributed by atoms with Crippen molar-refractivity contribution in [3.8, 4) is 0 Å². The smallest absolute Gasteiger partial charge is 0.257 e. The molecule has 1 unspecified atom stereocenters. The van der Waals surface area contributed by atoms with Crippen LogP contribution in [-0.4, -0.2) is 73.0 Å². The number of carbonyl (C=O) groups excluding carboxylic acids is 3. The highest BCUT2D eigenvalue weighted by Crippen LogP contribution is 2.12. The molecule has 0 saturated heterocycles. The van der Waals surface area contributed by atoms with Crippen LogP contribution in [0.3, 0.4) is 0 Å². The number of hydrogen-bond acceptors (Lipinski definition) is 6. The Labute approximate surface area is 213 Å². The molecule has 0 saturated carbocycles. The van der Waals surface area contributed by atoms with Crippen molar-refractivity contribution < 1.29 is 19.1 Å². The molecule has 2 aromatic carbocycles. The minimum Gasteiger partial charge on any atom is -0.374 e. The van der Waals surface area contributed by atoms with Gasteiger partial charge in [0.1, 0.15) is 12.1 Å². The molecule has 4 N–H and O–H groups in total. The van der Waals surface area contributed by atoms with E-state index in [-0.39, 0.29) is 19.1 Å². The molecule has 2 atom stereocenters. The lowest BCUT2D eigenvalue weighted by molar-refractivity contribution is -0.145. The topological polar surface area (TPSA) is 117 Å². The number of carbonyl (C=O) groups is 3. The zero-order chi connectivity index (χ0) is 26.7. The Morgan fingerprint density at radius 2 is 1.50 bits per heavy atom. The molecule has 3 amide bonds. The summed E-state index contributed by atoms with van der Waals surface area (Å²) < 4.78 is 5.79. The quantitative estimate of drug-likeness (QED) is 0.361. The van der Waals surface area contributed by atoms with E-state index in [0.29, 0.717) is 12.8 Å². The van der Waals surface area contributed by atoms with Crippen molar-refractivity contribution in [1.82, 2.24) is 20.7 Å². The summed E-state index contributed by atoms with van der Waals surface area (Å²) in [5, 5.41) is 4.25. The molecule has 0 aliphatic rings. The highest BCUT2D eigenvalue weighted by atomic mass is 16.5. The predicted molar refractivity (Wildman–Crippen MR) is 139 cm³/mol. The van der Waals surface area contributed by atoms with Gasteiger partial charge in [-0.25, -0.2) is 5.01 Å². The van der Waals surface area contributed by atoms with Crippen LogP contribution in [0.25, 0.3) is 0 Å². The van der Waals surface area contributed by atoms with E-state index in [4.69, 9.17) is 10.5 Å². The molecular formula is C27H39N5O4. The number of hydrazine groups is 1. The minimum atomic E-state index is -1.19. The van der Waals surface area contributed by atoms with Crippen molar-refractivity contribution in [2.75, 3.05) is 27.7 Å². The Hall–Kier alpha value is -3.27. The van der Waals surface area contributed by atoms with Crippen molar-refractivity contribution in [2.45, 2.75) is 50.9 Å². The number of rotatable bonds is 13. The van der Waals surface area contributed by atoms with Crippen molar-refractivity contribution >= 4 is 17.7 Å². The molecule has 0 aromatic heterocycles. The Balaban J connectivity index is 2.20. The third-order valence-electron chi connectivity index (χ3n) is 5.59. The summed E-state index contributed by atoms with van der Waals surface area (Å²) in [6.45, 7) is 3.33. The van der Waals surface area contributed by atoms with E-state index < -0.39 is 29.4 Å². The number of nitrogens with zero attached hydrogens (tertiary/aromatic N) is 2. The first-order chi connectivity index (χ1) is 17.0. The number of ether oxygens (including phenoxy) is 1. The van der Waals surface area contributed by atoms with Gasteiger partial charge in [0, 0.05) is 21.1 Å². The van der Waals surface area contributed by atoms with Crippen LogP contribution in [0.1, 0.15) is 31.4 Å². The van der Waals surface area contributed by atoms with Gasteiger partial charge in [0.25, 0.3) is 5.91 Å². The first-order valence-electron chi connectivity index (χ1n) is 12.0. The number of aryl methyl sites for hydroxylation is 1. The van der Waals surface area contributed by atoms with Gasteiger partial charge in [0.2, 0.25) is 11.8 Å². The molecule has 0 fully saturated rings. The van der Waals surface area contributed by atoms with Gasteiger partial charge in [0.05, 0.1) is 18.8 Å². The summed E-state index contributed by atoms with van der Waals surface area (Å²) in [5.41, 5.74) is 9.50. The summed E-state index contributed by atoms with van der Waals surface area (Å²) in [6, 6.07) is 17.5. The van der Waals surface area contributed by atoms with Gasteiger partial charge < -0.3 is 20.7 Å². The first-order valence-corrected chi connectivity index (χ1v) is 12.0. The van der Waals surface area contributed by atoms with E-state index in [0.717, 1.165) is 11.1 Å². The average Bonchev–Trinajstić information content (AvgIpc) is 2.83. The van der Waals surface area contributed by atoms with Crippen molar-refractivity contribution in [3.63, 3.8) is 0 Å². The Morgan fingerprint density at radius 3 is 2.03 bits per heavy atom. The lowest BCUT2D eigenvalue weighted by atomic mass is 10.0. The summed E-state index contributed by atoms with van der Waals surface area (Å²) >= 11 is 0. The van der Waals surface area contributed by atoms with Gasteiger partial charge in [0.15, 0.2) is 0 Å². The maximum absolute atomic E-state index is 13.6. The van der Waals surface area contributed by atoms with E-state index in [2.05, 4.69) is 10.7 Å². The van der Waals surface area contributed by atoms with Crippen molar-refractivity contribution in [2.24, 2.45) is 5.73 Å². The second-order valence-corrected chi connectivity index (χ2v) is 9.61. The van der Waals surface area contributed by atoms with Crippen molar-refractivity contribution in [3.05, 3.63) is 71.8 Å². The van der Waals surface area contributed by atoms with Gasteiger partial charge in [-0.15, -0.1) is 0 Å². The zero-order valence-corrected chi connectivity index (χ0v) is 21.9. The normalized spacial score (nSPS) is 13.1. The number of amides is 3. The zero-order valence-electron chi connectivity index (χ0n) is 21.9. The number of benzene rings is 2. The van der Waals surface area contributed by atoms with E-state index in [1.54, 1.807) is 35.0 Å². The van der Waals surface area contributed by atoms with Crippen LogP contribution in [0.15, 0.2) is 60.7 Å². The predicted octanol–water partition coefficient (Wildman–Crippen LogP) is 1.48. The van der Waals surface area contributed by atoms with Crippen LogP contribution < -0.4 is 16.5 Å². The fraction of sp³-hybridized carbons (Fsp3) is 0.444. The third-order valence-corrected chi connectivity index (χ3v) is 5.59. The number of nitrogens with two attached hydrogens (primary N) is 1. The van der Waals surface area contributed by atoms with Gasteiger partial charge in [-0.2, -0.15) is 0 Å². The number of likely N-dealkylation sites (N-methyl/N-ethyl adjacent to an activating group) is 1. The molecule has 0 aliphatic carbocycles. The molecule has 0 radical (unpaired) electrons. The molecule has 0 aliphatic heterocycles. The molecule has 196 valence electrons. The molecule has 2 rings (SSSR count). The van der Waals surface area contributed by atoms with Gasteiger partial charge in [-0.1, -0.05) is 60.7 Å². The van der Waals surface area contributed by atoms with E-state index in [1.165, 1.54) is 9.91 Å². The standard InChI is InChI=1S/C27H39N5O4/c1-27(2,28)26(35)29-22(19-36-18-21-14-10-7-11-15-21)25(34)32(5)23(24(33)30-31(3)4)17-16-20-12-8-6-9-13-20/h6-15,22-23H,16-19,28H2,1-5H3,(H,29,35)(H,30,33)/t22?,23-/m0/s1. The van der Waals surface area contributed by atoms with Gasteiger partial charge in [-0.05, 0) is 37.8 Å². The largest absolute Gasteiger partial charge is 0.374 e. The maximum Gasteiger partial charge on any atom is 0.257 e. The SMILES string of the molecule is CN(C)NC(=O)[C@H](CCc1ccccc1)N(C)C(=O)C(COCc1ccccc1)NC(=O)C(C)(C)N. The average molecular weight is 498 g/mol. The van der Waals surface area contributed by atoms with E-state index in [1.807, 2.05) is 60.7 Å². The van der Waals surface area contributed by atoms with Crippen LogP contribution in [0, 0.1) is 0 Å². The van der Waals surface area contributed by atoms with E-state index in [9.17, 15) is 14.4 Å². The van der Waals surface area contributed by atoms with E-state index >= 15 is 0 Å². The molecule has 36 heavy (non-hydrogen) atoms. The lowest BCUT2D eigenvalue weighted by Gasteiger charge is -2.32. The summed E-state index contributed by atoms with van der Waals surface area (Å²) in [5.74, 6) is -1.25. The van der Waals surface area contributed by atoms with Crippen LogP contribution in [-0.2, 0) is 32.1 Å². The highest BCUT2D eigenvalue weighted by molar-refractivity contribution is 5.94. The Kier molecular flexibility index (Phi) is 11.0. The molecule has 9 nitrogen and oxygen atoms in total. The first kappa shape index (κ1) is 29.0. The second-order valence-electron chi connectivity index (χ2n) is 9.61. The van der Waals surface area contributed by atoms with Crippen LogP contribution in [0.4, 0.5) is 0 Å². The molecule has 0 bridgehead atoms. The second kappa shape index (κ2) is 13.7. The monoisotopic (exact) mass is 497 g/mol. The maximum atomic E-state index is 13.6. The van der Waals surface area contributed by atoms with Crippen LogP contribution >= 0.6 is 0 Å². The molecule has 0 heterocycles.